The summed E-state index contributed by atoms with van der Waals surface area (Å²) in [5.41, 5.74) is 1.32. The topological polar surface area (TPSA) is 125 Å². The van der Waals surface area contributed by atoms with Crippen molar-refractivity contribution in [2.45, 2.75) is 81.6 Å². The molecular formula is C28H36N2O7. The Morgan fingerprint density at radius 2 is 1.86 bits per heavy atom. The molecule has 5 rings (SSSR count). The van der Waals surface area contributed by atoms with Crippen LogP contribution in [0.15, 0.2) is 23.8 Å². The summed E-state index contributed by atoms with van der Waals surface area (Å²) >= 11 is 0. The lowest BCUT2D eigenvalue weighted by Crippen LogP contribution is -2.59. The molecule has 2 amide bonds. The van der Waals surface area contributed by atoms with Crippen molar-refractivity contribution in [3.05, 3.63) is 34.9 Å². The van der Waals surface area contributed by atoms with Crippen LogP contribution in [0.2, 0.25) is 0 Å². The molecule has 0 spiro atoms. The van der Waals surface area contributed by atoms with Crippen molar-refractivity contribution in [2.24, 2.45) is 5.92 Å². The van der Waals surface area contributed by atoms with Crippen molar-refractivity contribution in [1.29, 1.82) is 0 Å². The molecule has 4 aliphatic rings. The average molecular weight is 513 g/mol. The van der Waals surface area contributed by atoms with E-state index in [1.807, 2.05) is 4.90 Å². The number of nitrogens with one attached hydrogen (secondary N) is 1. The molecule has 1 aliphatic heterocycles. The number of carbonyl (C=O) groups excluding carboxylic acids is 3. The van der Waals surface area contributed by atoms with E-state index < -0.39 is 30.1 Å². The van der Waals surface area contributed by atoms with Gasteiger partial charge < -0.3 is 29.9 Å². The third-order valence-corrected chi connectivity index (χ3v) is 8.41. The van der Waals surface area contributed by atoms with Crippen molar-refractivity contribution >= 4 is 18.1 Å². The van der Waals surface area contributed by atoms with E-state index in [1.54, 1.807) is 18.2 Å². The molecule has 0 radical (unpaired) electrons. The van der Waals surface area contributed by atoms with Gasteiger partial charge in [0.1, 0.15) is 18.5 Å². The molecule has 0 bridgehead atoms. The second kappa shape index (κ2) is 10.8. The quantitative estimate of drug-likeness (QED) is 0.456. The van der Waals surface area contributed by atoms with Gasteiger partial charge in [-0.1, -0.05) is 25.7 Å². The Balaban J connectivity index is 1.59. The van der Waals surface area contributed by atoms with Crippen molar-refractivity contribution < 1.29 is 34.1 Å². The summed E-state index contributed by atoms with van der Waals surface area (Å²) < 4.78 is 11.8. The zero-order chi connectivity index (χ0) is 26.1. The predicted octanol–water partition coefficient (Wildman–Crippen LogP) is 2.09. The van der Waals surface area contributed by atoms with E-state index in [2.05, 4.69) is 5.32 Å². The van der Waals surface area contributed by atoms with Crippen LogP contribution in [-0.2, 0) is 9.59 Å². The molecule has 2 fully saturated rings. The first-order valence-electron chi connectivity index (χ1n) is 13.4. The van der Waals surface area contributed by atoms with Crippen LogP contribution in [0.5, 0.6) is 11.5 Å². The van der Waals surface area contributed by atoms with Gasteiger partial charge in [0.05, 0.1) is 25.7 Å². The van der Waals surface area contributed by atoms with Gasteiger partial charge in [0.25, 0.3) is 0 Å². The SMILES string of the molecule is COc1cc(C=O)cc2c1OC1C2C(C(=O)NCCO)=CC(N(C(=O)C2CCCC2)C2CCCC2)C1O. The summed E-state index contributed by atoms with van der Waals surface area (Å²) in [6.45, 7) is -0.150. The molecule has 4 unspecified atom stereocenters. The van der Waals surface area contributed by atoms with Crippen molar-refractivity contribution in [1.82, 2.24) is 10.2 Å². The second-order valence-corrected chi connectivity index (χ2v) is 10.6. The Morgan fingerprint density at radius 1 is 1.16 bits per heavy atom. The maximum atomic E-state index is 13.9. The van der Waals surface area contributed by atoms with Crippen LogP contribution < -0.4 is 14.8 Å². The maximum Gasteiger partial charge on any atom is 0.247 e. The number of aliphatic hydroxyl groups excluding tert-OH is 2. The van der Waals surface area contributed by atoms with Crippen LogP contribution in [0, 0.1) is 5.92 Å². The Morgan fingerprint density at radius 3 is 2.51 bits per heavy atom. The molecule has 1 heterocycles. The van der Waals surface area contributed by atoms with Crippen molar-refractivity contribution in [3.8, 4) is 11.5 Å². The van der Waals surface area contributed by atoms with Crippen LogP contribution in [0.1, 0.15) is 73.2 Å². The largest absolute Gasteiger partial charge is 0.493 e. The van der Waals surface area contributed by atoms with E-state index in [4.69, 9.17) is 9.47 Å². The summed E-state index contributed by atoms with van der Waals surface area (Å²) in [5.74, 6) is -0.328. The molecule has 1 aromatic carbocycles. The fourth-order valence-corrected chi connectivity index (χ4v) is 6.67. The molecule has 3 aliphatic carbocycles. The Hall–Kier alpha value is -2.91. The van der Waals surface area contributed by atoms with Gasteiger partial charge in [-0.25, -0.2) is 0 Å². The molecule has 200 valence electrons. The molecule has 2 saturated carbocycles. The van der Waals surface area contributed by atoms with Gasteiger partial charge >= 0.3 is 0 Å². The number of amides is 2. The van der Waals surface area contributed by atoms with Gasteiger partial charge in [0, 0.05) is 35.2 Å². The van der Waals surface area contributed by atoms with Gasteiger partial charge in [-0.05, 0) is 43.9 Å². The molecule has 0 saturated heterocycles. The van der Waals surface area contributed by atoms with Crippen LogP contribution in [0.3, 0.4) is 0 Å². The highest BCUT2D eigenvalue weighted by atomic mass is 16.5. The number of hydrogen-bond acceptors (Lipinski definition) is 7. The lowest BCUT2D eigenvalue weighted by molar-refractivity contribution is -0.144. The van der Waals surface area contributed by atoms with E-state index >= 15 is 0 Å². The van der Waals surface area contributed by atoms with Gasteiger partial charge in [-0.15, -0.1) is 0 Å². The van der Waals surface area contributed by atoms with E-state index in [0.29, 0.717) is 34.5 Å². The Kier molecular flexibility index (Phi) is 7.53. The smallest absolute Gasteiger partial charge is 0.247 e. The number of fused-ring (bicyclic) bond motifs is 3. The second-order valence-electron chi connectivity index (χ2n) is 10.6. The van der Waals surface area contributed by atoms with Crippen LogP contribution in [0.4, 0.5) is 0 Å². The number of ether oxygens (including phenoxy) is 2. The maximum absolute atomic E-state index is 13.9. The molecule has 1 aromatic rings. The molecule has 0 aromatic heterocycles. The zero-order valence-electron chi connectivity index (χ0n) is 21.2. The van der Waals surface area contributed by atoms with Crippen LogP contribution >= 0.6 is 0 Å². The van der Waals surface area contributed by atoms with E-state index in [9.17, 15) is 24.6 Å². The van der Waals surface area contributed by atoms with Gasteiger partial charge in [-0.2, -0.15) is 0 Å². The van der Waals surface area contributed by atoms with Crippen molar-refractivity contribution in [3.63, 3.8) is 0 Å². The van der Waals surface area contributed by atoms with Gasteiger partial charge in [0.2, 0.25) is 11.8 Å². The van der Waals surface area contributed by atoms with E-state index in [0.717, 1.165) is 51.4 Å². The van der Waals surface area contributed by atoms with Crippen molar-refractivity contribution in [2.75, 3.05) is 20.3 Å². The lowest BCUT2D eigenvalue weighted by atomic mass is 9.76. The Bertz CT molecular complexity index is 1070. The minimum absolute atomic E-state index is 0.00211. The molecule has 4 atom stereocenters. The fraction of sp³-hybridized carbons (Fsp3) is 0.607. The number of hydrogen-bond donors (Lipinski definition) is 3. The number of aliphatic hydroxyl groups is 2. The third kappa shape index (κ3) is 4.63. The summed E-state index contributed by atoms with van der Waals surface area (Å²) in [6.07, 6.45) is 8.03. The number of benzene rings is 1. The number of aldehydes is 1. The Labute approximate surface area is 216 Å². The normalized spacial score (nSPS) is 27.2. The highest BCUT2D eigenvalue weighted by Crippen LogP contribution is 2.51. The molecule has 37 heavy (non-hydrogen) atoms. The third-order valence-electron chi connectivity index (χ3n) is 8.41. The lowest BCUT2D eigenvalue weighted by Gasteiger charge is -2.44. The summed E-state index contributed by atoms with van der Waals surface area (Å²) in [4.78, 5) is 40.8. The van der Waals surface area contributed by atoms with Crippen LogP contribution in [0.25, 0.3) is 0 Å². The van der Waals surface area contributed by atoms with E-state index in [1.165, 1.54) is 7.11 Å². The van der Waals surface area contributed by atoms with Crippen LogP contribution in [-0.4, -0.2) is 77.8 Å². The first kappa shape index (κ1) is 25.7. The number of methoxy groups -OCH3 is 1. The first-order valence-corrected chi connectivity index (χ1v) is 13.4. The monoisotopic (exact) mass is 512 g/mol. The molecular weight excluding hydrogens is 476 g/mol. The molecule has 9 nitrogen and oxygen atoms in total. The minimum Gasteiger partial charge on any atom is -0.493 e. The predicted molar refractivity (Wildman–Crippen MR) is 135 cm³/mol. The van der Waals surface area contributed by atoms with Gasteiger partial charge in [-0.3, -0.25) is 14.4 Å². The fourth-order valence-electron chi connectivity index (χ4n) is 6.67. The van der Waals surface area contributed by atoms with E-state index in [-0.39, 0.29) is 31.0 Å². The number of carbonyl (C=O) groups is 3. The standard InChI is InChI=1S/C28H36N2O7/c1-36-22-13-16(15-32)12-19-23-20(27(34)29-10-11-31)14-21(24(33)26(23)37-25(19)22)30(18-8-4-5-9-18)28(35)17-6-2-3-7-17/h12-15,17-18,21,23-24,26,31,33H,2-11H2,1H3,(H,29,34). The number of nitrogens with zero attached hydrogens (tertiary/aromatic N) is 1. The average Bonchev–Trinajstić information content (AvgIpc) is 3.69. The highest BCUT2D eigenvalue weighted by molar-refractivity contribution is 5.96. The first-order chi connectivity index (χ1) is 18.0. The summed E-state index contributed by atoms with van der Waals surface area (Å²) in [7, 11) is 1.47. The highest BCUT2D eigenvalue weighted by Gasteiger charge is 2.52. The zero-order valence-corrected chi connectivity index (χ0v) is 21.2. The molecule has 3 N–H and O–H groups in total. The molecule has 9 heteroatoms. The summed E-state index contributed by atoms with van der Waals surface area (Å²) in [6, 6.07) is 2.51. The van der Waals surface area contributed by atoms with Gasteiger partial charge in [0.15, 0.2) is 11.5 Å². The number of rotatable bonds is 8. The minimum atomic E-state index is -1.08. The summed E-state index contributed by atoms with van der Waals surface area (Å²) in [5, 5.41) is 23.8.